The van der Waals surface area contributed by atoms with Crippen molar-refractivity contribution in [1.82, 2.24) is 0 Å². The van der Waals surface area contributed by atoms with Crippen molar-refractivity contribution in [1.29, 1.82) is 0 Å². The SMILES string of the molecule is CCC=C(C)C=CCCCCC. The summed E-state index contributed by atoms with van der Waals surface area (Å²) in [6, 6.07) is 0. The summed E-state index contributed by atoms with van der Waals surface area (Å²) in [6.07, 6.45) is 13.2. The van der Waals surface area contributed by atoms with Crippen LogP contribution in [0.25, 0.3) is 0 Å². The molecule has 12 heavy (non-hydrogen) atoms. The van der Waals surface area contributed by atoms with E-state index in [2.05, 4.69) is 39.0 Å². The van der Waals surface area contributed by atoms with Crippen molar-refractivity contribution in [3.63, 3.8) is 0 Å². The lowest BCUT2D eigenvalue weighted by atomic mass is 10.1. The molecule has 0 heterocycles. The lowest BCUT2D eigenvalue weighted by Crippen LogP contribution is -1.72. The maximum absolute atomic E-state index is 2.29. The molecule has 0 bridgehead atoms. The third kappa shape index (κ3) is 7.59. The summed E-state index contributed by atoms with van der Waals surface area (Å²) in [5, 5.41) is 0. The minimum Gasteiger partial charge on any atom is -0.0843 e. The molecule has 0 heteroatoms. The van der Waals surface area contributed by atoms with E-state index in [9.17, 15) is 0 Å². The monoisotopic (exact) mass is 166 g/mol. The first-order chi connectivity index (χ1) is 5.81. The largest absolute Gasteiger partial charge is 0.0843 e. The molecule has 0 saturated carbocycles. The van der Waals surface area contributed by atoms with Gasteiger partial charge in [-0.05, 0) is 26.2 Å². The molecule has 0 rings (SSSR count). The quantitative estimate of drug-likeness (QED) is 0.403. The Hall–Kier alpha value is -0.520. The van der Waals surface area contributed by atoms with Gasteiger partial charge in [-0.15, -0.1) is 0 Å². The van der Waals surface area contributed by atoms with Crippen LogP contribution >= 0.6 is 0 Å². The van der Waals surface area contributed by atoms with Crippen molar-refractivity contribution in [3.05, 3.63) is 23.8 Å². The third-order valence-electron chi connectivity index (χ3n) is 1.88. The van der Waals surface area contributed by atoms with Gasteiger partial charge in [-0.3, -0.25) is 0 Å². The Morgan fingerprint density at radius 3 is 2.50 bits per heavy atom. The van der Waals surface area contributed by atoms with E-state index in [1.807, 2.05) is 0 Å². The number of unbranched alkanes of at least 4 members (excludes halogenated alkanes) is 3. The number of hydrogen-bond acceptors (Lipinski definition) is 0. The maximum atomic E-state index is 2.29. The highest BCUT2D eigenvalue weighted by molar-refractivity contribution is 5.15. The van der Waals surface area contributed by atoms with Crippen LogP contribution in [0.3, 0.4) is 0 Å². The smallest absolute Gasteiger partial charge is 0.0348 e. The second-order valence-electron chi connectivity index (χ2n) is 3.25. The molecule has 0 aromatic rings. The highest BCUT2D eigenvalue weighted by Crippen LogP contribution is 2.02. The highest BCUT2D eigenvalue weighted by Gasteiger charge is 1.82. The molecule has 0 nitrogen and oxygen atoms in total. The number of allylic oxidation sites excluding steroid dienone is 4. The van der Waals surface area contributed by atoms with Crippen molar-refractivity contribution in [2.45, 2.75) is 52.9 Å². The summed E-state index contributed by atoms with van der Waals surface area (Å²) in [5.41, 5.74) is 1.40. The fraction of sp³-hybridized carbons (Fsp3) is 0.667. The van der Waals surface area contributed by atoms with Crippen LogP contribution in [0.15, 0.2) is 23.8 Å². The summed E-state index contributed by atoms with van der Waals surface area (Å²) >= 11 is 0. The lowest BCUT2D eigenvalue weighted by molar-refractivity contribution is 0.729. The van der Waals surface area contributed by atoms with Gasteiger partial charge in [-0.25, -0.2) is 0 Å². The summed E-state index contributed by atoms with van der Waals surface area (Å²) < 4.78 is 0. The van der Waals surface area contributed by atoms with Crippen molar-refractivity contribution in [2.24, 2.45) is 0 Å². The van der Waals surface area contributed by atoms with Gasteiger partial charge in [0.05, 0.1) is 0 Å². The first-order valence-corrected chi connectivity index (χ1v) is 5.14. The summed E-state index contributed by atoms with van der Waals surface area (Å²) in [7, 11) is 0. The van der Waals surface area contributed by atoms with Gasteiger partial charge >= 0.3 is 0 Å². The van der Waals surface area contributed by atoms with E-state index in [-0.39, 0.29) is 0 Å². The van der Waals surface area contributed by atoms with Crippen molar-refractivity contribution >= 4 is 0 Å². The fourth-order valence-corrected chi connectivity index (χ4v) is 1.17. The molecule has 0 aromatic heterocycles. The van der Waals surface area contributed by atoms with Gasteiger partial charge in [0.15, 0.2) is 0 Å². The van der Waals surface area contributed by atoms with Crippen LogP contribution in [-0.4, -0.2) is 0 Å². The van der Waals surface area contributed by atoms with Gasteiger partial charge in [-0.2, -0.15) is 0 Å². The predicted molar refractivity (Wildman–Crippen MR) is 57.3 cm³/mol. The van der Waals surface area contributed by atoms with Gasteiger partial charge in [0.2, 0.25) is 0 Å². The third-order valence-corrected chi connectivity index (χ3v) is 1.88. The molecule has 0 unspecified atom stereocenters. The second kappa shape index (κ2) is 8.58. The van der Waals surface area contributed by atoms with Crippen molar-refractivity contribution in [3.8, 4) is 0 Å². The summed E-state index contributed by atoms with van der Waals surface area (Å²) in [5.74, 6) is 0. The van der Waals surface area contributed by atoms with E-state index < -0.39 is 0 Å². The van der Waals surface area contributed by atoms with Crippen LogP contribution < -0.4 is 0 Å². The average Bonchev–Trinajstić information content (AvgIpc) is 2.05. The van der Waals surface area contributed by atoms with Crippen LogP contribution in [0.4, 0.5) is 0 Å². The zero-order valence-electron chi connectivity index (χ0n) is 8.77. The average molecular weight is 166 g/mol. The molecule has 0 fully saturated rings. The first kappa shape index (κ1) is 11.5. The van der Waals surface area contributed by atoms with Crippen LogP contribution in [0, 0.1) is 0 Å². The van der Waals surface area contributed by atoms with Crippen molar-refractivity contribution < 1.29 is 0 Å². The van der Waals surface area contributed by atoms with Gasteiger partial charge in [0.25, 0.3) is 0 Å². The lowest BCUT2D eigenvalue weighted by Gasteiger charge is -1.92. The normalized spacial score (nSPS) is 12.8. The van der Waals surface area contributed by atoms with Gasteiger partial charge in [-0.1, -0.05) is 50.5 Å². The molecule has 0 aromatic carbocycles. The molecule has 0 aliphatic heterocycles. The van der Waals surface area contributed by atoms with E-state index in [0.717, 1.165) is 6.42 Å². The zero-order valence-corrected chi connectivity index (χ0v) is 8.77. The van der Waals surface area contributed by atoms with Crippen molar-refractivity contribution in [2.75, 3.05) is 0 Å². The minimum atomic E-state index is 1.14. The molecule has 0 radical (unpaired) electrons. The Bertz CT molecular complexity index is 140. The Morgan fingerprint density at radius 1 is 1.17 bits per heavy atom. The van der Waals surface area contributed by atoms with Crippen LogP contribution in [0.5, 0.6) is 0 Å². The Balaban J connectivity index is 3.41. The molecule has 0 atom stereocenters. The molecular weight excluding hydrogens is 144 g/mol. The molecule has 0 aliphatic rings. The van der Waals surface area contributed by atoms with Gasteiger partial charge < -0.3 is 0 Å². The van der Waals surface area contributed by atoms with Crippen LogP contribution in [-0.2, 0) is 0 Å². The zero-order chi connectivity index (χ0) is 9.23. The van der Waals surface area contributed by atoms with E-state index >= 15 is 0 Å². The van der Waals surface area contributed by atoms with Gasteiger partial charge in [0, 0.05) is 0 Å². The predicted octanol–water partition coefficient (Wildman–Crippen LogP) is 4.48. The summed E-state index contributed by atoms with van der Waals surface area (Å²) in [4.78, 5) is 0. The molecule has 70 valence electrons. The number of rotatable bonds is 6. The second-order valence-corrected chi connectivity index (χ2v) is 3.25. The van der Waals surface area contributed by atoms with E-state index in [1.165, 1.54) is 31.3 Å². The van der Waals surface area contributed by atoms with E-state index in [1.54, 1.807) is 0 Å². The molecule has 0 saturated heterocycles. The molecular formula is C12H22. The summed E-state index contributed by atoms with van der Waals surface area (Å²) in [6.45, 7) is 6.58. The highest BCUT2D eigenvalue weighted by atomic mass is 13.9. The van der Waals surface area contributed by atoms with E-state index in [4.69, 9.17) is 0 Å². The molecule has 0 aliphatic carbocycles. The van der Waals surface area contributed by atoms with Crippen LogP contribution in [0.2, 0.25) is 0 Å². The van der Waals surface area contributed by atoms with E-state index in [0.29, 0.717) is 0 Å². The topological polar surface area (TPSA) is 0 Å². The maximum Gasteiger partial charge on any atom is -0.0348 e. The molecule has 0 amide bonds. The Kier molecular flexibility index (Phi) is 8.20. The Labute approximate surface area is 77.4 Å². The molecule has 0 spiro atoms. The number of hydrogen-bond donors (Lipinski definition) is 0. The minimum absolute atomic E-state index is 1.14. The standard InChI is InChI=1S/C12H22/c1-4-6-7-8-9-11-12(3)10-5-2/h9-11H,4-8H2,1-3H3. The van der Waals surface area contributed by atoms with Gasteiger partial charge in [0.1, 0.15) is 0 Å². The molecule has 0 N–H and O–H groups in total. The Morgan fingerprint density at radius 2 is 1.92 bits per heavy atom. The van der Waals surface area contributed by atoms with Crippen LogP contribution in [0.1, 0.15) is 52.9 Å². The first-order valence-electron chi connectivity index (χ1n) is 5.14. The fourth-order valence-electron chi connectivity index (χ4n) is 1.17.